The van der Waals surface area contributed by atoms with E-state index in [0.717, 1.165) is 19.3 Å². The molecule has 32 heavy (non-hydrogen) atoms. The first kappa shape index (κ1) is 25.0. The Bertz CT molecular complexity index is 900. The van der Waals surface area contributed by atoms with Crippen LogP contribution in [0.5, 0.6) is 0 Å². The molecule has 0 saturated heterocycles. The molecule has 0 heterocycles. The van der Waals surface area contributed by atoms with Crippen LogP contribution in [0.25, 0.3) is 0 Å². The molecule has 2 N–H and O–H groups in total. The number of amides is 1. The Hall–Kier alpha value is -3.26. The molecule has 0 spiro atoms. The van der Waals surface area contributed by atoms with Crippen LogP contribution in [-0.4, -0.2) is 36.2 Å². The summed E-state index contributed by atoms with van der Waals surface area (Å²) in [4.78, 5) is 35.6. The molecule has 0 radical (unpaired) electrons. The summed E-state index contributed by atoms with van der Waals surface area (Å²) in [6.07, 6.45) is 2.27. The molecule has 0 fully saturated rings. The van der Waals surface area contributed by atoms with Gasteiger partial charge in [-0.1, -0.05) is 37.3 Å². The summed E-state index contributed by atoms with van der Waals surface area (Å²) in [5.74, 6) is -1.19. The molecule has 2 aromatic rings. The maximum absolute atomic E-state index is 12.0. The highest BCUT2D eigenvalue weighted by Gasteiger charge is 2.11. The molecule has 0 aliphatic heterocycles. The van der Waals surface area contributed by atoms with Crippen molar-refractivity contribution in [3.05, 3.63) is 65.7 Å². The minimum Gasteiger partial charge on any atom is -0.466 e. The van der Waals surface area contributed by atoms with Gasteiger partial charge in [0.1, 0.15) is 0 Å². The van der Waals surface area contributed by atoms with Crippen molar-refractivity contribution < 1.29 is 23.9 Å². The Morgan fingerprint density at radius 2 is 1.62 bits per heavy atom. The number of carbonyl (C=O) groups excluding carboxylic acids is 3. The van der Waals surface area contributed by atoms with E-state index in [0.29, 0.717) is 24.5 Å². The minimum absolute atomic E-state index is 0.0195. The second-order valence-electron chi connectivity index (χ2n) is 7.03. The SMILES string of the molecule is CCCOC(=O)c1ccc(NC(=S)NC(=O)CCC(=O)OCCCc2ccccc2)cc1. The van der Waals surface area contributed by atoms with Crippen LogP contribution in [-0.2, 0) is 25.5 Å². The third kappa shape index (κ3) is 9.70. The van der Waals surface area contributed by atoms with Gasteiger partial charge in [-0.2, -0.15) is 0 Å². The second-order valence-corrected chi connectivity index (χ2v) is 7.43. The molecule has 0 unspecified atom stereocenters. The van der Waals surface area contributed by atoms with E-state index in [1.165, 1.54) is 5.56 Å². The third-order valence-corrected chi connectivity index (χ3v) is 4.54. The van der Waals surface area contributed by atoms with Crippen molar-refractivity contribution in [3.63, 3.8) is 0 Å². The largest absolute Gasteiger partial charge is 0.466 e. The fraction of sp³-hybridized carbons (Fsp3) is 0.333. The lowest BCUT2D eigenvalue weighted by molar-refractivity contribution is -0.145. The molecule has 0 aromatic heterocycles. The number of aryl methyl sites for hydroxylation is 1. The average molecular weight is 457 g/mol. The number of ether oxygens (including phenoxy) is 2. The first-order valence-electron chi connectivity index (χ1n) is 10.6. The Kier molecular flexibility index (Phi) is 10.9. The quantitative estimate of drug-likeness (QED) is 0.300. The molecule has 0 atom stereocenters. The molecule has 0 aliphatic rings. The van der Waals surface area contributed by atoms with Gasteiger partial charge in [-0.15, -0.1) is 0 Å². The fourth-order valence-electron chi connectivity index (χ4n) is 2.71. The lowest BCUT2D eigenvalue weighted by Crippen LogP contribution is -2.34. The normalized spacial score (nSPS) is 10.2. The molecule has 0 bridgehead atoms. The lowest BCUT2D eigenvalue weighted by atomic mass is 10.1. The highest BCUT2D eigenvalue weighted by atomic mass is 32.1. The van der Waals surface area contributed by atoms with Crippen molar-refractivity contribution in [3.8, 4) is 0 Å². The number of carbonyl (C=O) groups is 3. The minimum atomic E-state index is -0.419. The number of anilines is 1. The Balaban J connectivity index is 1.62. The van der Waals surface area contributed by atoms with Gasteiger partial charge in [0.2, 0.25) is 5.91 Å². The first-order valence-corrected chi connectivity index (χ1v) is 11.0. The van der Waals surface area contributed by atoms with E-state index in [2.05, 4.69) is 10.6 Å². The summed E-state index contributed by atoms with van der Waals surface area (Å²) in [6.45, 7) is 2.61. The monoisotopic (exact) mass is 456 g/mol. The van der Waals surface area contributed by atoms with Crippen LogP contribution in [0.1, 0.15) is 48.5 Å². The van der Waals surface area contributed by atoms with E-state index < -0.39 is 5.97 Å². The van der Waals surface area contributed by atoms with Crippen molar-refractivity contribution in [1.82, 2.24) is 5.32 Å². The zero-order valence-electron chi connectivity index (χ0n) is 18.1. The molecular weight excluding hydrogens is 428 g/mol. The Morgan fingerprint density at radius 1 is 0.906 bits per heavy atom. The number of esters is 2. The van der Waals surface area contributed by atoms with Crippen LogP contribution < -0.4 is 10.6 Å². The van der Waals surface area contributed by atoms with Gasteiger partial charge in [-0.25, -0.2) is 4.79 Å². The molecule has 7 nitrogen and oxygen atoms in total. The molecule has 1 amide bonds. The van der Waals surface area contributed by atoms with Crippen LogP contribution >= 0.6 is 12.2 Å². The Morgan fingerprint density at radius 3 is 2.31 bits per heavy atom. The average Bonchev–Trinajstić information content (AvgIpc) is 2.80. The van der Waals surface area contributed by atoms with Crippen LogP contribution in [0.15, 0.2) is 54.6 Å². The number of rotatable bonds is 11. The zero-order chi connectivity index (χ0) is 23.2. The molecule has 0 aliphatic carbocycles. The van der Waals surface area contributed by atoms with Crippen molar-refractivity contribution in [2.45, 2.75) is 39.0 Å². The van der Waals surface area contributed by atoms with Gasteiger partial charge in [-0.05, 0) is 61.3 Å². The van der Waals surface area contributed by atoms with E-state index in [9.17, 15) is 14.4 Å². The lowest BCUT2D eigenvalue weighted by Gasteiger charge is -2.10. The highest BCUT2D eigenvalue weighted by molar-refractivity contribution is 7.80. The summed E-state index contributed by atoms with van der Waals surface area (Å²) in [5.41, 5.74) is 2.23. The molecule has 8 heteroatoms. The smallest absolute Gasteiger partial charge is 0.338 e. The molecule has 0 saturated carbocycles. The summed E-state index contributed by atoms with van der Waals surface area (Å²) >= 11 is 5.12. The van der Waals surface area contributed by atoms with Crippen LogP contribution in [0, 0.1) is 0 Å². The number of thiocarbonyl (C=S) groups is 1. The summed E-state index contributed by atoms with van der Waals surface area (Å²) in [6, 6.07) is 16.5. The fourth-order valence-corrected chi connectivity index (χ4v) is 2.95. The maximum Gasteiger partial charge on any atom is 0.338 e. The molecule has 2 aromatic carbocycles. The molecule has 170 valence electrons. The highest BCUT2D eigenvalue weighted by Crippen LogP contribution is 2.11. The standard InChI is InChI=1S/C24H28N2O5S/c1-2-16-31-23(29)19-10-12-20(13-11-19)25-24(32)26-21(27)14-15-22(28)30-17-6-9-18-7-4-3-5-8-18/h3-5,7-8,10-13H,2,6,9,14-17H2,1H3,(H2,25,26,27,32). The number of nitrogens with one attached hydrogen (secondary N) is 2. The van der Waals surface area contributed by atoms with Gasteiger partial charge in [0.05, 0.1) is 25.2 Å². The topological polar surface area (TPSA) is 93.7 Å². The summed E-state index contributed by atoms with van der Waals surface area (Å²) < 4.78 is 10.2. The first-order chi connectivity index (χ1) is 15.5. The molecular formula is C24H28N2O5S. The number of hydrogen-bond donors (Lipinski definition) is 2. The van der Waals surface area contributed by atoms with E-state index in [4.69, 9.17) is 21.7 Å². The van der Waals surface area contributed by atoms with Crippen LogP contribution in [0.4, 0.5) is 5.69 Å². The van der Waals surface area contributed by atoms with Gasteiger partial charge >= 0.3 is 11.9 Å². The van der Waals surface area contributed by atoms with Gasteiger partial charge in [-0.3, -0.25) is 9.59 Å². The molecule has 2 rings (SSSR count). The second kappa shape index (κ2) is 13.9. The van der Waals surface area contributed by atoms with Crippen molar-refractivity contribution in [1.29, 1.82) is 0 Å². The van der Waals surface area contributed by atoms with Crippen LogP contribution in [0.3, 0.4) is 0 Å². The van der Waals surface area contributed by atoms with Crippen molar-refractivity contribution in [2.24, 2.45) is 0 Å². The van der Waals surface area contributed by atoms with Gasteiger partial charge in [0.15, 0.2) is 5.11 Å². The number of hydrogen-bond acceptors (Lipinski definition) is 6. The van der Waals surface area contributed by atoms with Gasteiger partial charge in [0.25, 0.3) is 0 Å². The van der Waals surface area contributed by atoms with E-state index in [1.54, 1.807) is 24.3 Å². The van der Waals surface area contributed by atoms with E-state index in [-0.39, 0.29) is 29.8 Å². The van der Waals surface area contributed by atoms with E-state index >= 15 is 0 Å². The zero-order valence-corrected chi connectivity index (χ0v) is 18.9. The van der Waals surface area contributed by atoms with E-state index in [1.807, 2.05) is 37.3 Å². The maximum atomic E-state index is 12.0. The number of benzene rings is 2. The summed E-state index contributed by atoms with van der Waals surface area (Å²) in [5, 5.41) is 5.48. The van der Waals surface area contributed by atoms with Crippen LogP contribution in [0.2, 0.25) is 0 Å². The summed E-state index contributed by atoms with van der Waals surface area (Å²) in [7, 11) is 0. The Labute approximate surface area is 193 Å². The third-order valence-electron chi connectivity index (χ3n) is 4.34. The predicted octanol–water partition coefficient (Wildman–Crippen LogP) is 4.02. The van der Waals surface area contributed by atoms with Crippen molar-refractivity contribution in [2.75, 3.05) is 18.5 Å². The predicted molar refractivity (Wildman–Crippen MR) is 126 cm³/mol. The van der Waals surface area contributed by atoms with Gasteiger partial charge < -0.3 is 20.1 Å². The van der Waals surface area contributed by atoms with Crippen molar-refractivity contribution >= 4 is 40.9 Å². The van der Waals surface area contributed by atoms with Gasteiger partial charge in [0, 0.05) is 12.1 Å².